The van der Waals surface area contributed by atoms with Crippen LogP contribution in [-0.4, -0.2) is 23.9 Å². The number of halogens is 3. The van der Waals surface area contributed by atoms with Gasteiger partial charge in [-0.05, 0) is 48.5 Å². The lowest BCUT2D eigenvalue weighted by Crippen LogP contribution is -2.29. The zero-order valence-corrected chi connectivity index (χ0v) is 18.2. The van der Waals surface area contributed by atoms with Crippen LogP contribution in [0.1, 0.15) is 17.2 Å². The molecule has 1 N–H and O–H groups in total. The fraction of sp³-hybridized carbons (Fsp3) is 0.0833. The second kappa shape index (κ2) is 8.65. The Hall–Kier alpha value is -3.35. The first kappa shape index (κ1) is 21.9. The molecule has 1 saturated heterocycles. The Balaban J connectivity index is 1.96. The number of ether oxygens (including phenoxy) is 1. The summed E-state index contributed by atoms with van der Waals surface area (Å²) in [5.74, 6) is -2.58. The van der Waals surface area contributed by atoms with Gasteiger partial charge >= 0.3 is 0 Å². The molecule has 0 radical (unpaired) electrons. The zero-order valence-electron chi connectivity index (χ0n) is 16.7. The number of methoxy groups -OCH3 is 1. The number of hydrogen-bond donors (Lipinski definition) is 1. The highest BCUT2D eigenvalue weighted by atomic mass is 35.5. The number of nitrogens with zero attached hydrogens (tertiary/aromatic N) is 1. The first-order valence-electron chi connectivity index (χ1n) is 9.48. The second-order valence-electron chi connectivity index (χ2n) is 7.02. The van der Waals surface area contributed by atoms with E-state index in [2.05, 4.69) is 0 Å². The van der Waals surface area contributed by atoms with Crippen molar-refractivity contribution in [2.45, 2.75) is 6.04 Å². The molecular formula is C24H16Cl2FNO4. The van der Waals surface area contributed by atoms with E-state index in [9.17, 15) is 19.1 Å². The highest BCUT2D eigenvalue weighted by molar-refractivity contribution is 6.51. The third-order valence-electron chi connectivity index (χ3n) is 5.17. The molecule has 0 bridgehead atoms. The highest BCUT2D eigenvalue weighted by Crippen LogP contribution is 2.43. The van der Waals surface area contributed by atoms with Crippen molar-refractivity contribution >= 4 is 46.3 Å². The fourth-order valence-corrected chi connectivity index (χ4v) is 4.04. The Morgan fingerprint density at radius 3 is 2.34 bits per heavy atom. The van der Waals surface area contributed by atoms with E-state index in [1.54, 1.807) is 30.3 Å². The van der Waals surface area contributed by atoms with Gasteiger partial charge in [0.25, 0.3) is 11.7 Å². The minimum Gasteiger partial charge on any atom is -0.507 e. The van der Waals surface area contributed by atoms with Gasteiger partial charge < -0.3 is 9.84 Å². The van der Waals surface area contributed by atoms with Crippen molar-refractivity contribution in [3.8, 4) is 5.75 Å². The van der Waals surface area contributed by atoms with Crippen LogP contribution in [0, 0.1) is 5.82 Å². The molecule has 1 aliphatic rings. The van der Waals surface area contributed by atoms with Gasteiger partial charge in [0, 0.05) is 21.8 Å². The van der Waals surface area contributed by atoms with E-state index in [4.69, 9.17) is 27.9 Å². The molecule has 0 spiro atoms. The maximum Gasteiger partial charge on any atom is 0.300 e. The number of aliphatic hydroxyl groups is 1. The Kier molecular flexibility index (Phi) is 5.91. The van der Waals surface area contributed by atoms with Crippen molar-refractivity contribution in [3.05, 3.63) is 99.3 Å². The number of carbonyl (C=O) groups excluding carboxylic acids is 2. The molecule has 1 heterocycles. The van der Waals surface area contributed by atoms with Gasteiger partial charge in [-0.25, -0.2) is 4.39 Å². The monoisotopic (exact) mass is 471 g/mol. The van der Waals surface area contributed by atoms with Gasteiger partial charge in [-0.15, -0.1) is 0 Å². The molecule has 1 unspecified atom stereocenters. The molecular weight excluding hydrogens is 456 g/mol. The number of aliphatic hydroxyl groups excluding tert-OH is 1. The van der Waals surface area contributed by atoms with Gasteiger partial charge in [0.2, 0.25) is 0 Å². The number of anilines is 1. The van der Waals surface area contributed by atoms with Crippen LogP contribution in [-0.2, 0) is 9.59 Å². The summed E-state index contributed by atoms with van der Waals surface area (Å²) < 4.78 is 20.0. The molecule has 0 aliphatic carbocycles. The van der Waals surface area contributed by atoms with Crippen LogP contribution in [0.4, 0.5) is 10.1 Å². The lowest BCUT2D eigenvalue weighted by atomic mass is 9.94. The normalized spacial score (nSPS) is 17.6. The minimum atomic E-state index is -1.20. The first-order chi connectivity index (χ1) is 15.3. The second-order valence-corrected chi connectivity index (χ2v) is 7.86. The predicted molar refractivity (Wildman–Crippen MR) is 121 cm³/mol. The van der Waals surface area contributed by atoms with E-state index >= 15 is 0 Å². The number of Topliss-reactive ketones (excluding diaryl/α,β-unsaturated/α-hetero) is 1. The van der Waals surface area contributed by atoms with Gasteiger partial charge in [-0.2, -0.15) is 0 Å². The molecule has 4 rings (SSSR count). The first-order valence-corrected chi connectivity index (χ1v) is 10.2. The smallest absolute Gasteiger partial charge is 0.300 e. The van der Waals surface area contributed by atoms with E-state index in [0.717, 1.165) is 4.90 Å². The fourth-order valence-electron chi connectivity index (χ4n) is 3.66. The number of benzene rings is 3. The zero-order chi connectivity index (χ0) is 23.0. The van der Waals surface area contributed by atoms with Crippen molar-refractivity contribution in [2.75, 3.05) is 12.0 Å². The van der Waals surface area contributed by atoms with E-state index in [-0.39, 0.29) is 21.7 Å². The van der Waals surface area contributed by atoms with Crippen molar-refractivity contribution < 1.29 is 23.8 Å². The van der Waals surface area contributed by atoms with Gasteiger partial charge in [-0.1, -0.05) is 41.4 Å². The van der Waals surface area contributed by atoms with Crippen LogP contribution in [0.5, 0.6) is 5.75 Å². The standard InChI is InChI=1S/C24H16Cl2FNO4/c1-32-19-11-6-13(12-17(19)26)22(29)20-21(16-4-2-3-5-18(16)27)28(24(31)23(20)30)15-9-7-14(25)8-10-15/h2-12,21,29H,1H3/b22-20+. The summed E-state index contributed by atoms with van der Waals surface area (Å²) >= 11 is 12.1. The van der Waals surface area contributed by atoms with E-state index < -0.39 is 29.3 Å². The van der Waals surface area contributed by atoms with Gasteiger partial charge in [-0.3, -0.25) is 14.5 Å². The molecule has 3 aromatic carbocycles. The van der Waals surface area contributed by atoms with E-state index in [1.165, 1.54) is 43.5 Å². The molecule has 32 heavy (non-hydrogen) atoms. The van der Waals surface area contributed by atoms with Gasteiger partial charge in [0.05, 0.1) is 23.7 Å². The number of carbonyl (C=O) groups is 2. The summed E-state index contributed by atoms with van der Waals surface area (Å²) in [4.78, 5) is 27.2. The van der Waals surface area contributed by atoms with Crippen LogP contribution < -0.4 is 9.64 Å². The Bertz CT molecular complexity index is 1260. The molecule has 162 valence electrons. The van der Waals surface area contributed by atoms with Crippen LogP contribution in [0.3, 0.4) is 0 Å². The number of amides is 1. The predicted octanol–water partition coefficient (Wildman–Crippen LogP) is 5.77. The van der Waals surface area contributed by atoms with Gasteiger partial charge in [0.15, 0.2) is 0 Å². The summed E-state index contributed by atoms with van der Waals surface area (Å²) in [6, 6.07) is 15.2. The van der Waals surface area contributed by atoms with Crippen molar-refractivity contribution in [2.24, 2.45) is 0 Å². The Morgan fingerprint density at radius 2 is 1.72 bits per heavy atom. The lowest BCUT2D eigenvalue weighted by molar-refractivity contribution is -0.132. The number of ketones is 1. The van der Waals surface area contributed by atoms with Crippen molar-refractivity contribution in [1.29, 1.82) is 0 Å². The van der Waals surface area contributed by atoms with Crippen molar-refractivity contribution in [1.82, 2.24) is 0 Å². The summed E-state index contributed by atoms with van der Waals surface area (Å²) in [7, 11) is 1.44. The quantitative estimate of drug-likeness (QED) is 0.298. The number of rotatable bonds is 4. The van der Waals surface area contributed by atoms with Crippen LogP contribution >= 0.6 is 23.2 Å². The molecule has 8 heteroatoms. The maximum atomic E-state index is 14.8. The minimum absolute atomic E-state index is 0.0582. The summed E-state index contributed by atoms with van der Waals surface area (Å²) in [5, 5.41) is 11.7. The molecule has 1 fully saturated rings. The third kappa shape index (κ3) is 3.72. The Morgan fingerprint density at radius 1 is 1.03 bits per heavy atom. The SMILES string of the molecule is COc1ccc(/C(O)=C2\C(=O)C(=O)N(c3ccc(Cl)cc3)C2c2ccccc2F)cc1Cl. The van der Waals surface area contributed by atoms with Gasteiger partial charge in [0.1, 0.15) is 17.3 Å². The lowest BCUT2D eigenvalue weighted by Gasteiger charge is -2.25. The van der Waals surface area contributed by atoms with E-state index in [0.29, 0.717) is 16.5 Å². The third-order valence-corrected chi connectivity index (χ3v) is 5.72. The number of hydrogen-bond acceptors (Lipinski definition) is 4. The van der Waals surface area contributed by atoms with Crippen LogP contribution in [0.25, 0.3) is 5.76 Å². The van der Waals surface area contributed by atoms with Crippen LogP contribution in [0.15, 0.2) is 72.3 Å². The maximum absolute atomic E-state index is 14.8. The van der Waals surface area contributed by atoms with E-state index in [1.807, 2.05) is 0 Å². The molecule has 3 aromatic rings. The molecule has 1 aliphatic heterocycles. The highest BCUT2D eigenvalue weighted by Gasteiger charge is 2.47. The average Bonchev–Trinajstić information content (AvgIpc) is 3.04. The summed E-state index contributed by atoms with van der Waals surface area (Å²) in [6.45, 7) is 0. The molecule has 0 aromatic heterocycles. The molecule has 0 saturated carbocycles. The average molecular weight is 472 g/mol. The molecule has 5 nitrogen and oxygen atoms in total. The topological polar surface area (TPSA) is 66.8 Å². The summed E-state index contributed by atoms with van der Waals surface area (Å²) in [5.41, 5.74) is 0.321. The van der Waals surface area contributed by atoms with Crippen molar-refractivity contribution in [3.63, 3.8) is 0 Å². The molecule has 1 atom stereocenters. The molecule has 1 amide bonds. The Labute approximate surface area is 193 Å². The summed E-state index contributed by atoms with van der Waals surface area (Å²) in [6.07, 6.45) is 0. The largest absolute Gasteiger partial charge is 0.507 e. The van der Waals surface area contributed by atoms with Crippen LogP contribution in [0.2, 0.25) is 10.0 Å².